The molecule has 0 aromatic heterocycles. The van der Waals surface area contributed by atoms with Crippen LogP contribution in [0.3, 0.4) is 0 Å². The fourth-order valence-corrected chi connectivity index (χ4v) is 4.29. The standard InChI is InChI=1S/C29H46N6O11/c1-20(2)13-23(30)29(45)32-46-12-7-21-3-5-22(6-4-21)14-31-24(36)15-33(8-10-34(16-25(37)38)17-26(39)40)9-11-35(18-27(41)42)19-28(43)44/h3-6,20,23H,7-19,30H2,1-2H3,(H,31,36)(H,32,45)(H,37,38)(H,39,40)(H,41,42)(H,43,44)/t23-/m1/s1. The molecule has 0 heterocycles. The average Bonchev–Trinajstić information content (AvgIpc) is 2.94. The number of carbonyl (C=O) groups excluding carboxylic acids is 2. The van der Waals surface area contributed by atoms with Gasteiger partial charge in [0.05, 0.1) is 45.4 Å². The molecule has 0 radical (unpaired) electrons. The van der Waals surface area contributed by atoms with Crippen molar-refractivity contribution in [2.24, 2.45) is 11.7 Å². The van der Waals surface area contributed by atoms with Gasteiger partial charge in [0.1, 0.15) is 0 Å². The van der Waals surface area contributed by atoms with Gasteiger partial charge in [0.15, 0.2) is 0 Å². The van der Waals surface area contributed by atoms with Crippen LogP contribution in [0.5, 0.6) is 0 Å². The summed E-state index contributed by atoms with van der Waals surface area (Å²) in [5.74, 6) is -5.43. The zero-order chi connectivity index (χ0) is 34.6. The predicted molar refractivity (Wildman–Crippen MR) is 163 cm³/mol. The molecule has 0 spiro atoms. The van der Waals surface area contributed by atoms with Crippen molar-refractivity contribution in [2.45, 2.75) is 39.3 Å². The van der Waals surface area contributed by atoms with Crippen LogP contribution in [0, 0.1) is 5.92 Å². The van der Waals surface area contributed by atoms with Gasteiger partial charge < -0.3 is 31.5 Å². The van der Waals surface area contributed by atoms with Crippen molar-refractivity contribution in [1.82, 2.24) is 25.5 Å². The molecule has 0 saturated carbocycles. The molecule has 0 aliphatic carbocycles. The zero-order valence-electron chi connectivity index (χ0n) is 26.2. The number of rotatable bonds is 25. The maximum absolute atomic E-state index is 12.8. The van der Waals surface area contributed by atoms with Crippen LogP contribution in [0.25, 0.3) is 0 Å². The van der Waals surface area contributed by atoms with Crippen molar-refractivity contribution in [2.75, 3.05) is 65.5 Å². The second-order valence-electron chi connectivity index (χ2n) is 11.2. The summed E-state index contributed by atoms with van der Waals surface area (Å²) in [7, 11) is 0. The van der Waals surface area contributed by atoms with Crippen molar-refractivity contribution >= 4 is 35.7 Å². The number of nitrogens with one attached hydrogen (secondary N) is 2. The lowest BCUT2D eigenvalue weighted by atomic mass is 10.0. The number of carboxylic acid groups (broad SMARTS) is 4. The van der Waals surface area contributed by atoms with Crippen LogP contribution in [0.15, 0.2) is 24.3 Å². The average molecular weight is 655 g/mol. The van der Waals surface area contributed by atoms with E-state index < -0.39 is 62.0 Å². The topological polar surface area (TPSA) is 252 Å². The Morgan fingerprint density at radius 2 is 1.15 bits per heavy atom. The minimum absolute atomic E-state index is 0.0245. The van der Waals surface area contributed by atoms with E-state index in [1.807, 2.05) is 38.1 Å². The van der Waals surface area contributed by atoms with Crippen molar-refractivity contribution in [1.29, 1.82) is 0 Å². The maximum Gasteiger partial charge on any atom is 0.317 e. The SMILES string of the molecule is CC(C)C[C@@H](N)C(=O)NOCCc1ccc(CNC(=O)CN(CCN(CC(=O)O)CC(=O)O)CCN(CC(=O)O)CC(=O)O)cc1. The van der Waals surface area contributed by atoms with Gasteiger partial charge in [0.2, 0.25) is 5.91 Å². The van der Waals surface area contributed by atoms with Gasteiger partial charge in [-0.05, 0) is 29.9 Å². The van der Waals surface area contributed by atoms with E-state index in [4.69, 9.17) is 31.0 Å². The summed E-state index contributed by atoms with van der Waals surface area (Å²) in [5.41, 5.74) is 9.89. The molecule has 8 N–H and O–H groups in total. The fraction of sp³-hybridized carbons (Fsp3) is 0.586. The fourth-order valence-electron chi connectivity index (χ4n) is 4.29. The Morgan fingerprint density at radius 1 is 0.717 bits per heavy atom. The molecule has 0 saturated heterocycles. The number of hydrogen-bond donors (Lipinski definition) is 7. The molecule has 1 rings (SSSR count). The Labute approximate surface area is 267 Å². The van der Waals surface area contributed by atoms with Gasteiger partial charge >= 0.3 is 23.9 Å². The zero-order valence-corrected chi connectivity index (χ0v) is 26.2. The first-order chi connectivity index (χ1) is 21.6. The van der Waals surface area contributed by atoms with E-state index in [9.17, 15) is 28.8 Å². The van der Waals surface area contributed by atoms with Crippen LogP contribution < -0.4 is 16.5 Å². The third-order valence-electron chi connectivity index (χ3n) is 6.51. The number of carbonyl (C=O) groups is 6. The quantitative estimate of drug-likeness (QED) is 0.0468. The molecule has 46 heavy (non-hydrogen) atoms. The third kappa shape index (κ3) is 19.3. The Hall–Kier alpha value is -4.16. The molecule has 0 aliphatic heterocycles. The Balaban J connectivity index is 2.71. The van der Waals surface area contributed by atoms with Crippen LogP contribution in [0.1, 0.15) is 31.4 Å². The van der Waals surface area contributed by atoms with Crippen LogP contribution >= 0.6 is 0 Å². The van der Waals surface area contributed by atoms with Crippen LogP contribution in [-0.2, 0) is 46.6 Å². The monoisotopic (exact) mass is 654 g/mol. The number of aliphatic carboxylic acids is 4. The molecular weight excluding hydrogens is 608 g/mol. The molecule has 0 fully saturated rings. The second kappa shape index (κ2) is 21.6. The Kier molecular flexibility index (Phi) is 18.7. The molecule has 1 aromatic rings. The first-order valence-electron chi connectivity index (χ1n) is 14.7. The minimum Gasteiger partial charge on any atom is -0.480 e. The smallest absolute Gasteiger partial charge is 0.317 e. The molecule has 2 amide bonds. The normalized spacial score (nSPS) is 12.0. The van der Waals surface area contributed by atoms with E-state index in [1.54, 1.807) is 4.90 Å². The number of amides is 2. The summed E-state index contributed by atoms with van der Waals surface area (Å²) in [6.45, 7) is 2.06. The number of hydroxylamine groups is 1. The molecule has 1 aromatic carbocycles. The van der Waals surface area contributed by atoms with E-state index in [0.29, 0.717) is 12.8 Å². The van der Waals surface area contributed by atoms with E-state index >= 15 is 0 Å². The van der Waals surface area contributed by atoms with Gasteiger partial charge in [0, 0.05) is 32.7 Å². The molecule has 0 aliphatic rings. The van der Waals surface area contributed by atoms with Gasteiger partial charge in [-0.2, -0.15) is 0 Å². The number of carboxylic acids is 4. The Bertz CT molecular complexity index is 1080. The first kappa shape index (κ1) is 39.9. The largest absolute Gasteiger partial charge is 0.480 e. The van der Waals surface area contributed by atoms with Crippen molar-refractivity contribution in [3.8, 4) is 0 Å². The number of benzene rings is 1. The molecule has 1 atom stereocenters. The van der Waals surface area contributed by atoms with Crippen molar-refractivity contribution < 1.29 is 54.0 Å². The second-order valence-corrected chi connectivity index (χ2v) is 11.2. The lowest BCUT2D eigenvalue weighted by molar-refractivity contribution is -0.143. The van der Waals surface area contributed by atoms with Gasteiger partial charge in [0.25, 0.3) is 5.91 Å². The van der Waals surface area contributed by atoms with Crippen LogP contribution in [0.2, 0.25) is 0 Å². The van der Waals surface area contributed by atoms with Crippen LogP contribution in [0.4, 0.5) is 0 Å². The lowest BCUT2D eigenvalue weighted by Gasteiger charge is -2.28. The van der Waals surface area contributed by atoms with Gasteiger partial charge in [-0.25, -0.2) is 5.48 Å². The molecule has 17 heteroatoms. The molecule has 0 bridgehead atoms. The number of nitrogens with zero attached hydrogens (tertiary/aromatic N) is 3. The third-order valence-corrected chi connectivity index (χ3v) is 6.51. The van der Waals surface area contributed by atoms with Crippen LogP contribution in [-0.4, -0.2) is 142 Å². The summed E-state index contributed by atoms with van der Waals surface area (Å²) in [4.78, 5) is 78.5. The van der Waals surface area contributed by atoms with E-state index in [1.165, 1.54) is 9.80 Å². The van der Waals surface area contributed by atoms with Crippen molar-refractivity contribution in [3.05, 3.63) is 35.4 Å². The highest BCUT2D eigenvalue weighted by molar-refractivity contribution is 5.80. The summed E-state index contributed by atoms with van der Waals surface area (Å²) >= 11 is 0. The molecule has 17 nitrogen and oxygen atoms in total. The van der Waals surface area contributed by atoms with E-state index in [0.717, 1.165) is 11.1 Å². The summed E-state index contributed by atoms with van der Waals surface area (Å²) in [6.07, 6.45) is 1.06. The summed E-state index contributed by atoms with van der Waals surface area (Å²) in [5, 5.41) is 39.2. The molecular formula is C29H46N6O11. The predicted octanol–water partition coefficient (Wildman–Crippen LogP) is -1.49. The van der Waals surface area contributed by atoms with E-state index in [2.05, 4.69) is 10.8 Å². The summed E-state index contributed by atoms with van der Waals surface area (Å²) in [6, 6.07) is 6.69. The highest BCUT2D eigenvalue weighted by Crippen LogP contribution is 2.06. The molecule has 0 unspecified atom stereocenters. The Morgan fingerprint density at radius 3 is 1.59 bits per heavy atom. The van der Waals surface area contributed by atoms with Gasteiger partial charge in [-0.15, -0.1) is 0 Å². The first-order valence-corrected chi connectivity index (χ1v) is 14.7. The van der Waals surface area contributed by atoms with Gasteiger partial charge in [-0.3, -0.25) is 48.3 Å². The maximum atomic E-state index is 12.8. The molecule has 258 valence electrons. The lowest BCUT2D eigenvalue weighted by Crippen LogP contribution is -2.47. The van der Waals surface area contributed by atoms with Gasteiger partial charge in [-0.1, -0.05) is 38.1 Å². The highest BCUT2D eigenvalue weighted by Gasteiger charge is 2.20. The van der Waals surface area contributed by atoms with Crippen molar-refractivity contribution in [3.63, 3.8) is 0 Å². The highest BCUT2D eigenvalue weighted by atomic mass is 16.6. The number of hydrogen-bond acceptors (Lipinski definition) is 11. The summed E-state index contributed by atoms with van der Waals surface area (Å²) < 4.78 is 0. The number of nitrogens with two attached hydrogens (primary N) is 1. The van der Waals surface area contributed by atoms with E-state index in [-0.39, 0.29) is 57.7 Å². The minimum atomic E-state index is -1.23.